The number of nitrogens with zero attached hydrogens (tertiary/aromatic N) is 2. The van der Waals surface area contributed by atoms with Crippen LogP contribution in [-0.2, 0) is 19.1 Å². The number of anilines is 4. The molecule has 4 amide bonds. The third-order valence-electron chi connectivity index (χ3n) is 5.58. The third kappa shape index (κ3) is 5.95. The number of rotatable bonds is 7. The van der Waals surface area contributed by atoms with Gasteiger partial charge in [-0.2, -0.15) is 0 Å². The van der Waals surface area contributed by atoms with Crippen LogP contribution in [0.5, 0.6) is 0 Å². The largest absolute Gasteiger partial charge is 0.464 e. The van der Waals surface area contributed by atoms with Crippen molar-refractivity contribution in [2.75, 3.05) is 28.3 Å². The molecule has 0 spiro atoms. The number of amides is 4. The molecule has 190 valence electrons. The molecule has 0 saturated heterocycles. The lowest BCUT2D eigenvalue weighted by Gasteiger charge is -2.25. The highest BCUT2D eigenvalue weighted by Crippen LogP contribution is 2.37. The van der Waals surface area contributed by atoms with Gasteiger partial charge in [0.25, 0.3) is 11.8 Å². The van der Waals surface area contributed by atoms with E-state index in [1.54, 1.807) is 78.9 Å². The predicted octanol–water partition coefficient (Wildman–Crippen LogP) is 4.09. The highest BCUT2D eigenvalue weighted by atomic mass is 16.5. The summed E-state index contributed by atoms with van der Waals surface area (Å²) in [5.74, 6) is -1.92. The summed E-state index contributed by atoms with van der Waals surface area (Å²) in [6.45, 7) is 3.58. The van der Waals surface area contributed by atoms with Crippen molar-refractivity contribution in [1.29, 1.82) is 0 Å². The Hall–Kier alpha value is -4.66. The number of urea groups is 1. The van der Waals surface area contributed by atoms with E-state index in [2.05, 4.69) is 10.6 Å². The normalized spacial score (nSPS) is 15.2. The van der Waals surface area contributed by atoms with Crippen LogP contribution in [0.1, 0.15) is 13.8 Å². The molecule has 3 aromatic rings. The lowest BCUT2D eigenvalue weighted by Crippen LogP contribution is -2.56. The SMILES string of the molecule is CC(C)COC(=O)CN1C(=O)C(NC(=O)Nc2ccccc2)C(=O)N(c2ccccc2)c2ccccc21. The van der Waals surface area contributed by atoms with Crippen molar-refractivity contribution in [2.45, 2.75) is 19.9 Å². The van der Waals surface area contributed by atoms with E-state index in [-0.39, 0.29) is 12.5 Å². The molecule has 3 aromatic carbocycles. The molecule has 0 aliphatic carbocycles. The van der Waals surface area contributed by atoms with Crippen molar-refractivity contribution in [1.82, 2.24) is 5.32 Å². The quantitative estimate of drug-likeness (QED) is 0.375. The summed E-state index contributed by atoms with van der Waals surface area (Å²) in [5.41, 5.74) is 1.74. The van der Waals surface area contributed by atoms with Crippen LogP contribution in [-0.4, -0.2) is 43.0 Å². The summed E-state index contributed by atoms with van der Waals surface area (Å²) in [7, 11) is 0. The lowest BCUT2D eigenvalue weighted by molar-refractivity contribution is -0.144. The molecule has 1 heterocycles. The van der Waals surface area contributed by atoms with Gasteiger partial charge < -0.3 is 15.4 Å². The predicted molar refractivity (Wildman–Crippen MR) is 141 cm³/mol. The first-order chi connectivity index (χ1) is 17.8. The molecule has 9 nitrogen and oxygen atoms in total. The molecule has 0 saturated carbocycles. The Morgan fingerprint density at radius 1 is 0.838 bits per heavy atom. The molecule has 1 unspecified atom stereocenters. The van der Waals surface area contributed by atoms with Gasteiger partial charge in [-0.25, -0.2) is 4.79 Å². The fourth-order valence-electron chi connectivity index (χ4n) is 3.89. The van der Waals surface area contributed by atoms with Gasteiger partial charge >= 0.3 is 12.0 Å². The Kier molecular flexibility index (Phi) is 7.83. The second-order valence-electron chi connectivity index (χ2n) is 8.90. The molecule has 0 fully saturated rings. The van der Waals surface area contributed by atoms with Crippen molar-refractivity contribution in [3.8, 4) is 0 Å². The van der Waals surface area contributed by atoms with Crippen molar-refractivity contribution >= 4 is 46.6 Å². The standard InChI is InChI=1S/C28H28N4O5/c1-19(2)18-37-24(33)17-31-22-15-9-10-16-23(22)32(21-13-7-4-8-14-21)27(35)25(26(31)34)30-28(36)29-20-11-5-3-6-12-20/h3-16,19,25H,17-18H2,1-2H3,(H2,29,30,36). The summed E-state index contributed by atoms with van der Waals surface area (Å²) in [4.78, 5) is 55.7. The maximum atomic E-state index is 13.9. The van der Waals surface area contributed by atoms with E-state index in [1.165, 1.54) is 9.80 Å². The molecular formula is C28H28N4O5. The Balaban J connectivity index is 1.73. The maximum absolute atomic E-state index is 13.9. The molecule has 0 radical (unpaired) electrons. The topological polar surface area (TPSA) is 108 Å². The molecule has 37 heavy (non-hydrogen) atoms. The second-order valence-corrected chi connectivity index (χ2v) is 8.90. The van der Waals surface area contributed by atoms with Crippen LogP contribution in [0.25, 0.3) is 0 Å². The minimum absolute atomic E-state index is 0.113. The summed E-state index contributed by atoms with van der Waals surface area (Å²) >= 11 is 0. The molecular weight excluding hydrogens is 472 g/mol. The Morgan fingerprint density at radius 3 is 2.08 bits per heavy atom. The first kappa shape index (κ1) is 25.4. The van der Waals surface area contributed by atoms with E-state index < -0.39 is 36.4 Å². The molecule has 1 aliphatic rings. The zero-order valence-electron chi connectivity index (χ0n) is 20.6. The van der Waals surface area contributed by atoms with E-state index in [1.807, 2.05) is 19.9 Å². The number of benzene rings is 3. The van der Waals surface area contributed by atoms with E-state index in [9.17, 15) is 19.2 Å². The first-order valence-electron chi connectivity index (χ1n) is 11.9. The van der Waals surface area contributed by atoms with E-state index >= 15 is 0 Å². The number of fused-ring (bicyclic) bond motifs is 1. The zero-order valence-corrected chi connectivity index (χ0v) is 20.6. The van der Waals surface area contributed by atoms with E-state index in [0.717, 1.165) is 0 Å². The van der Waals surface area contributed by atoms with Gasteiger partial charge in [0.05, 0.1) is 18.0 Å². The van der Waals surface area contributed by atoms with Crippen LogP contribution in [0, 0.1) is 5.92 Å². The van der Waals surface area contributed by atoms with Gasteiger partial charge in [0.1, 0.15) is 6.54 Å². The number of carbonyl (C=O) groups is 4. The summed E-state index contributed by atoms with van der Waals surface area (Å²) in [6, 6.07) is 21.9. The molecule has 0 bridgehead atoms. The highest BCUT2D eigenvalue weighted by molar-refractivity contribution is 6.24. The van der Waals surface area contributed by atoms with Crippen LogP contribution >= 0.6 is 0 Å². The van der Waals surface area contributed by atoms with Crippen LogP contribution in [0.4, 0.5) is 27.5 Å². The number of para-hydroxylation sites is 4. The van der Waals surface area contributed by atoms with E-state index in [0.29, 0.717) is 22.7 Å². The highest BCUT2D eigenvalue weighted by Gasteiger charge is 2.42. The minimum Gasteiger partial charge on any atom is -0.464 e. The molecule has 2 N–H and O–H groups in total. The van der Waals surface area contributed by atoms with Crippen LogP contribution < -0.4 is 20.4 Å². The molecule has 4 rings (SSSR count). The summed E-state index contributed by atoms with van der Waals surface area (Å²) in [6.07, 6.45) is 0. The van der Waals surface area contributed by atoms with Gasteiger partial charge in [0.15, 0.2) is 6.04 Å². The zero-order chi connectivity index (χ0) is 26.4. The molecule has 0 aromatic heterocycles. The average molecular weight is 501 g/mol. The van der Waals surface area contributed by atoms with Crippen molar-refractivity contribution < 1.29 is 23.9 Å². The summed E-state index contributed by atoms with van der Waals surface area (Å²) < 4.78 is 5.31. The number of hydrogen-bond acceptors (Lipinski definition) is 5. The maximum Gasteiger partial charge on any atom is 0.326 e. The number of nitrogens with one attached hydrogen (secondary N) is 2. The monoisotopic (exact) mass is 500 g/mol. The second kappa shape index (κ2) is 11.4. The average Bonchev–Trinajstić information content (AvgIpc) is 2.97. The van der Waals surface area contributed by atoms with Gasteiger partial charge in [-0.15, -0.1) is 0 Å². The van der Waals surface area contributed by atoms with Crippen molar-refractivity contribution in [3.63, 3.8) is 0 Å². The summed E-state index contributed by atoms with van der Waals surface area (Å²) in [5, 5.41) is 5.14. The smallest absolute Gasteiger partial charge is 0.326 e. The van der Waals surface area contributed by atoms with Gasteiger partial charge in [-0.1, -0.05) is 62.4 Å². The van der Waals surface area contributed by atoms with Gasteiger partial charge in [0, 0.05) is 11.4 Å². The number of carbonyl (C=O) groups excluding carboxylic acids is 4. The van der Waals surface area contributed by atoms with Gasteiger partial charge in [-0.3, -0.25) is 24.2 Å². The van der Waals surface area contributed by atoms with Crippen LogP contribution in [0.15, 0.2) is 84.9 Å². The molecule has 9 heteroatoms. The fraction of sp³-hybridized carbons (Fsp3) is 0.214. The Labute approximate surface area is 215 Å². The van der Waals surface area contributed by atoms with Gasteiger partial charge in [-0.05, 0) is 42.3 Å². The molecule has 1 aliphatic heterocycles. The number of esters is 1. The molecule has 1 atom stereocenters. The van der Waals surface area contributed by atoms with Gasteiger partial charge in [0.2, 0.25) is 0 Å². The first-order valence-corrected chi connectivity index (χ1v) is 11.9. The Morgan fingerprint density at radius 2 is 1.43 bits per heavy atom. The van der Waals surface area contributed by atoms with Crippen LogP contribution in [0.2, 0.25) is 0 Å². The number of hydrogen-bond donors (Lipinski definition) is 2. The minimum atomic E-state index is -1.60. The fourth-order valence-corrected chi connectivity index (χ4v) is 3.89. The van der Waals surface area contributed by atoms with Crippen molar-refractivity contribution in [3.05, 3.63) is 84.9 Å². The van der Waals surface area contributed by atoms with Crippen molar-refractivity contribution in [2.24, 2.45) is 5.92 Å². The third-order valence-corrected chi connectivity index (χ3v) is 5.58. The number of ether oxygens (including phenoxy) is 1. The van der Waals surface area contributed by atoms with E-state index in [4.69, 9.17) is 4.74 Å². The Bertz CT molecular complexity index is 1280. The lowest BCUT2D eigenvalue weighted by atomic mass is 10.2. The van der Waals surface area contributed by atoms with Crippen LogP contribution in [0.3, 0.4) is 0 Å².